The maximum atomic E-state index is 13.1. The van der Waals surface area contributed by atoms with Crippen molar-refractivity contribution in [3.05, 3.63) is 108 Å². The molecule has 1 aliphatic carbocycles. The van der Waals surface area contributed by atoms with Gasteiger partial charge in [0.15, 0.2) is 24.6 Å². The average Bonchev–Trinajstić information content (AvgIpc) is 3.15. The van der Waals surface area contributed by atoms with Crippen molar-refractivity contribution in [1.29, 1.82) is 0 Å². The Labute approximate surface area is 206 Å². The maximum absolute atomic E-state index is 13.1. The third kappa shape index (κ3) is 3.57. The van der Waals surface area contributed by atoms with E-state index < -0.39 is 54.0 Å². The lowest BCUT2D eigenvalue weighted by atomic mass is 9.73. The molecule has 0 radical (unpaired) electrons. The van der Waals surface area contributed by atoms with Gasteiger partial charge in [-0.3, -0.25) is 0 Å². The molecule has 2 heterocycles. The molecular formula is C28H22O8. The Hall–Kier alpha value is -4.01. The molecule has 2 aliphatic heterocycles. The van der Waals surface area contributed by atoms with Crippen molar-refractivity contribution in [3.63, 3.8) is 0 Å². The van der Waals surface area contributed by atoms with Crippen molar-refractivity contribution in [1.82, 2.24) is 0 Å². The second kappa shape index (κ2) is 8.89. The van der Waals surface area contributed by atoms with E-state index in [2.05, 4.69) is 0 Å². The van der Waals surface area contributed by atoms with Crippen LogP contribution in [0.15, 0.2) is 91.0 Å². The van der Waals surface area contributed by atoms with Gasteiger partial charge in [0.05, 0.1) is 23.3 Å². The summed E-state index contributed by atoms with van der Waals surface area (Å²) >= 11 is 0. The van der Waals surface area contributed by atoms with Gasteiger partial charge in [-0.1, -0.05) is 54.6 Å². The van der Waals surface area contributed by atoms with Crippen LogP contribution < -0.4 is 0 Å². The largest absolute Gasteiger partial charge is 0.454 e. The second-order valence-corrected chi connectivity index (χ2v) is 8.98. The maximum Gasteiger partial charge on any atom is 0.338 e. The lowest BCUT2D eigenvalue weighted by Crippen LogP contribution is -2.74. The van der Waals surface area contributed by atoms with Crippen molar-refractivity contribution in [2.45, 2.75) is 30.7 Å². The molecule has 0 bridgehead atoms. The Morgan fingerprint density at radius 2 is 1.08 bits per heavy atom. The quantitative estimate of drug-likeness (QED) is 0.386. The standard InChI is InChI=1S/C28H22O8/c29-24(17-10-4-1-5-11-17)33-20-21(34-25(30)18-12-6-2-7-13-18)23-28(16-32-27(28)36-23)22(20)35-26(31)19-14-8-3-9-15-19/h1-15,20-23,27H,16H2/t20?,21?,22-,23?,27+,28-/m0/s1. The number of hydrogen-bond donors (Lipinski definition) is 0. The number of esters is 3. The third-order valence-electron chi connectivity index (χ3n) is 6.92. The molecule has 0 N–H and O–H groups in total. The SMILES string of the molecule is O=C(OC1C(OC(=O)c2ccccc2)[C@H](OC(=O)c2ccccc2)[C@]23CO[C@@H]2OC13)c1ccccc1. The van der Waals surface area contributed by atoms with Crippen molar-refractivity contribution in [2.75, 3.05) is 6.61 Å². The molecule has 8 nitrogen and oxygen atoms in total. The van der Waals surface area contributed by atoms with Gasteiger partial charge in [-0.05, 0) is 36.4 Å². The molecule has 0 amide bonds. The smallest absolute Gasteiger partial charge is 0.338 e. The lowest BCUT2D eigenvalue weighted by molar-refractivity contribution is -0.451. The highest BCUT2D eigenvalue weighted by atomic mass is 16.8. The summed E-state index contributed by atoms with van der Waals surface area (Å²) in [6, 6.07) is 25.4. The zero-order valence-electron chi connectivity index (χ0n) is 19.0. The van der Waals surface area contributed by atoms with Crippen LogP contribution in [0.2, 0.25) is 0 Å². The van der Waals surface area contributed by atoms with E-state index in [1.165, 1.54) is 0 Å². The summed E-state index contributed by atoms with van der Waals surface area (Å²) in [6.45, 7) is 0.216. The van der Waals surface area contributed by atoms with Crippen LogP contribution in [0.4, 0.5) is 0 Å². The normalized spacial score (nSPS) is 29.5. The fourth-order valence-corrected chi connectivity index (χ4v) is 5.05. The van der Waals surface area contributed by atoms with E-state index in [1.807, 2.05) is 0 Å². The molecule has 0 aromatic heterocycles. The van der Waals surface area contributed by atoms with Gasteiger partial charge in [-0.15, -0.1) is 0 Å². The molecule has 3 fully saturated rings. The summed E-state index contributed by atoms with van der Waals surface area (Å²) < 4.78 is 29.1. The van der Waals surface area contributed by atoms with Crippen molar-refractivity contribution < 1.29 is 38.1 Å². The van der Waals surface area contributed by atoms with Gasteiger partial charge in [0, 0.05) is 0 Å². The van der Waals surface area contributed by atoms with E-state index in [0.717, 1.165) is 0 Å². The average molecular weight is 486 g/mol. The number of benzene rings is 3. The van der Waals surface area contributed by atoms with Gasteiger partial charge in [0.1, 0.15) is 11.5 Å². The van der Waals surface area contributed by atoms with Crippen LogP contribution in [0.3, 0.4) is 0 Å². The van der Waals surface area contributed by atoms with E-state index in [1.54, 1.807) is 91.0 Å². The van der Waals surface area contributed by atoms with Crippen LogP contribution >= 0.6 is 0 Å². The summed E-state index contributed by atoms with van der Waals surface area (Å²) in [6.07, 6.45) is -4.35. The van der Waals surface area contributed by atoms with Gasteiger partial charge in [-0.25, -0.2) is 14.4 Å². The summed E-state index contributed by atoms with van der Waals surface area (Å²) in [5.41, 5.74) is 0.219. The molecule has 182 valence electrons. The number of rotatable bonds is 6. The molecule has 3 aromatic carbocycles. The monoisotopic (exact) mass is 486 g/mol. The summed E-state index contributed by atoms with van der Waals surface area (Å²) in [5, 5.41) is 0. The van der Waals surface area contributed by atoms with Crippen LogP contribution in [0.1, 0.15) is 31.1 Å². The molecule has 3 aliphatic rings. The van der Waals surface area contributed by atoms with Gasteiger partial charge in [-0.2, -0.15) is 0 Å². The highest BCUT2D eigenvalue weighted by Gasteiger charge is 2.81. The highest BCUT2D eigenvalue weighted by molar-refractivity contribution is 5.91. The topological polar surface area (TPSA) is 97.4 Å². The third-order valence-corrected chi connectivity index (χ3v) is 6.92. The van der Waals surface area contributed by atoms with Crippen LogP contribution in [0.5, 0.6) is 0 Å². The number of ether oxygens (including phenoxy) is 5. The minimum absolute atomic E-state index is 0.216. The molecule has 2 saturated heterocycles. The van der Waals surface area contributed by atoms with Gasteiger partial charge >= 0.3 is 17.9 Å². The molecular weight excluding hydrogens is 464 g/mol. The van der Waals surface area contributed by atoms with E-state index in [4.69, 9.17) is 23.7 Å². The predicted molar refractivity (Wildman–Crippen MR) is 124 cm³/mol. The van der Waals surface area contributed by atoms with E-state index in [-0.39, 0.29) is 6.61 Å². The van der Waals surface area contributed by atoms with E-state index >= 15 is 0 Å². The molecule has 1 saturated carbocycles. The highest BCUT2D eigenvalue weighted by Crippen LogP contribution is 2.61. The number of carbonyl (C=O) groups is 3. The lowest BCUT2D eigenvalue weighted by Gasteiger charge is -2.60. The first kappa shape index (κ1) is 22.5. The first-order valence-electron chi connectivity index (χ1n) is 11.6. The molecule has 6 rings (SSSR count). The molecule has 6 atom stereocenters. The minimum Gasteiger partial charge on any atom is -0.454 e. The molecule has 8 heteroatoms. The first-order chi connectivity index (χ1) is 17.6. The van der Waals surface area contributed by atoms with E-state index in [0.29, 0.717) is 16.7 Å². The minimum atomic E-state index is -1.10. The Balaban J connectivity index is 1.33. The van der Waals surface area contributed by atoms with E-state index in [9.17, 15) is 14.4 Å². The van der Waals surface area contributed by atoms with Crippen molar-refractivity contribution in [3.8, 4) is 0 Å². The van der Waals surface area contributed by atoms with Crippen LogP contribution in [0, 0.1) is 5.41 Å². The number of hydrogen-bond acceptors (Lipinski definition) is 8. The molecule has 36 heavy (non-hydrogen) atoms. The zero-order valence-corrected chi connectivity index (χ0v) is 19.0. The zero-order chi connectivity index (χ0) is 24.7. The van der Waals surface area contributed by atoms with Crippen LogP contribution in [-0.4, -0.2) is 55.2 Å². The van der Waals surface area contributed by atoms with Gasteiger partial charge in [0.25, 0.3) is 0 Å². The van der Waals surface area contributed by atoms with Crippen LogP contribution in [-0.2, 0) is 23.7 Å². The summed E-state index contributed by atoms with van der Waals surface area (Å²) in [7, 11) is 0. The molecule has 1 spiro atoms. The summed E-state index contributed by atoms with van der Waals surface area (Å²) in [5.74, 6) is -1.81. The fraction of sp³-hybridized carbons (Fsp3) is 0.250. The van der Waals surface area contributed by atoms with Crippen LogP contribution in [0.25, 0.3) is 0 Å². The Morgan fingerprint density at radius 3 is 1.50 bits per heavy atom. The predicted octanol–water partition coefficient (Wildman–Crippen LogP) is 3.42. The summed E-state index contributed by atoms with van der Waals surface area (Å²) in [4.78, 5) is 39.1. The Kier molecular flexibility index (Phi) is 5.55. The van der Waals surface area contributed by atoms with Crippen molar-refractivity contribution >= 4 is 17.9 Å². The van der Waals surface area contributed by atoms with Gasteiger partial charge < -0.3 is 23.7 Å². The Morgan fingerprint density at radius 1 is 0.639 bits per heavy atom. The van der Waals surface area contributed by atoms with Gasteiger partial charge in [0.2, 0.25) is 0 Å². The molecule has 3 unspecified atom stereocenters. The first-order valence-corrected chi connectivity index (χ1v) is 11.6. The van der Waals surface area contributed by atoms with Crippen molar-refractivity contribution in [2.24, 2.45) is 5.41 Å². The number of carbonyl (C=O) groups excluding carboxylic acids is 3. The molecule has 3 aromatic rings. The Bertz CT molecular complexity index is 1280. The second-order valence-electron chi connectivity index (χ2n) is 8.98. The fourth-order valence-electron chi connectivity index (χ4n) is 5.05.